The molecule has 0 aromatic heterocycles. The average Bonchev–Trinajstić information content (AvgIpc) is 2.16. The minimum Gasteiger partial charge on any atom is -0.341 e. The Bertz CT molecular complexity index is 180. The Labute approximate surface area is 80.5 Å². The molecule has 0 aliphatic carbocycles. The minimum atomic E-state index is 0.135. The lowest BCUT2D eigenvalue weighted by atomic mass is 10.0. The molecule has 1 heterocycles. The summed E-state index contributed by atoms with van der Waals surface area (Å²) >= 11 is 0. The maximum atomic E-state index is 11.7. The van der Waals surface area contributed by atoms with Crippen LogP contribution in [0.15, 0.2) is 0 Å². The summed E-state index contributed by atoms with van der Waals surface area (Å²) in [6.07, 6.45) is 2.32. The van der Waals surface area contributed by atoms with E-state index in [1.807, 2.05) is 25.8 Å². The van der Waals surface area contributed by atoms with E-state index in [-0.39, 0.29) is 5.92 Å². The molecule has 0 aromatic carbocycles. The molecule has 3 nitrogen and oxygen atoms in total. The molecule has 76 valence electrons. The number of rotatable bonds is 2. The van der Waals surface area contributed by atoms with Crippen LogP contribution in [0.1, 0.15) is 26.7 Å². The zero-order valence-electron chi connectivity index (χ0n) is 8.84. The summed E-state index contributed by atoms with van der Waals surface area (Å²) in [6, 6.07) is 0.497. The molecule has 1 atom stereocenters. The van der Waals surface area contributed by atoms with Crippen LogP contribution < -0.4 is 5.32 Å². The van der Waals surface area contributed by atoms with Crippen LogP contribution in [-0.4, -0.2) is 37.0 Å². The van der Waals surface area contributed by atoms with Crippen molar-refractivity contribution < 1.29 is 4.79 Å². The third-order valence-electron chi connectivity index (χ3n) is 2.64. The van der Waals surface area contributed by atoms with Crippen molar-refractivity contribution in [3.63, 3.8) is 0 Å². The highest BCUT2D eigenvalue weighted by molar-refractivity contribution is 5.78. The summed E-state index contributed by atoms with van der Waals surface area (Å²) in [4.78, 5) is 13.6. The second kappa shape index (κ2) is 4.61. The van der Waals surface area contributed by atoms with Gasteiger partial charge in [0.1, 0.15) is 0 Å². The van der Waals surface area contributed by atoms with E-state index in [4.69, 9.17) is 0 Å². The lowest BCUT2D eigenvalue weighted by Crippen LogP contribution is -2.48. The van der Waals surface area contributed by atoms with Gasteiger partial charge in [0.05, 0.1) is 0 Å². The highest BCUT2D eigenvalue weighted by Crippen LogP contribution is 2.12. The maximum absolute atomic E-state index is 11.7. The van der Waals surface area contributed by atoms with Gasteiger partial charge >= 0.3 is 0 Å². The number of likely N-dealkylation sites (tertiary alicyclic amines) is 1. The molecule has 13 heavy (non-hydrogen) atoms. The molecule has 0 radical (unpaired) electrons. The average molecular weight is 184 g/mol. The highest BCUT2D eigenvalue weighted by Gasteiger charge is 2.23. The number of carbonyl (C=O) groups excluding carboxylic acids is 1. The molecule has 1 saturated heterocycles. The Hall–Kier alpha value is -0.570. The first-order chi connectivity index (χ1) is 6.15. The van der Waals surface area contributed by atoms with Crippen molar-refractivity contribution in [1.82, 2.24) is 10.2 Å². The van der Waals surface area contributed by atoms with Crippen molar-refractivity contribution in [2.75, 3.05) is 20.1 Å². The molecular formula is C10H20N2O. The largest absolute Gasteiger partial charge is 0.341 e. The van der Waals surface area contributed by atoms with Crippen molar-refractivity contribution in [1.29, 1.82) is 0 Å². The van der Waals surface area contributed by atoms with E-state index in [0.717, 1.165) is 19.5 Å². The summed E-state index contributed by atoms with van der Waals surface area (Å²) in [6.45, 7) is 5.75. The second-order valence-electron chi connectivity index (χ2n) is 4.07. The first-order valence-corrected chi connectivity index (χ1v) is 5.11. The SMILES string of the molecule is CN[C@H]1CCCN(C(=O)C(C)C)C1. The Morgan fingerprint density at radius 2 is 2.23 bits per heavy atom. The van der Waals surface area contributed by atoms with Gasteiger partial charge in [-0.15, -0.1) is 0 Å². The number of likely N-dealkylation sites (N-methyl/N-ethyl adjacent to an activating group) is 1. The van der Waals surface area contributed by atoms with Gasteiger partial charge in [-0.1, -0.05) is 13.8 Å². The number of piperidine rings is 1. The number of hydrogen-bond donors (Lipinski definition) is 1. The Kier molecular flexibility index (Phi) is 3.72. The smallest absolute Gasteiger partial charge is 0.225 e. The molecule has 1 rings (SSSR count). The topological polar surface area (TPSA) is 32.3 Å². The minimum absolute atomic E-state index is 0.135. The van der Waals surface area contributed by atoms with Crippen molar-refractivity contribution in [2.24, 2.45) is 5.92 Å². The molecule has 0 spiro atoms. The number of nitrogens with one attached hydrogen (secondary N) is 1. The molecule has 1 amide bonds. The number of carbonyl (C=O) groups is 1. The number of nitrogens with zero attached hydrogens (tertiary/aromatic N) is 1. The van der Waals surface area contributed by atoms with Gasteiger partial charge in [-0.05, 0) is 19.9 Å². The zero-order valence-corrected chi connectivity index (χ0v) is 8.84. The molecular weight excluding hydrogens is 164 g/mol. The summed E-state index contributed by atoms with van der Waals surface area (Å²) in [5.41, 5.74) is 0. The van der Waals surface area contributed by atoms with Crippen molar-refractivity contribution in [3.8, 4) is 0 Å². The molecule has 0 bridgehead atoms. The van der Waals surface area contributed by atoms with E-state index in [9.17, 15) is 4.79 Å². The third-order valence-corrected chi connectivity index (χ3v) is 2.64. The van der Waals surface area contributed by atoms with Gasteiger partial charge in [-0.3, -0.25) is 4.79 Å². The first-order valence-electron chi connectivity index (χ1n) is 5.11. The predicted molar refractivity (Wildman–Crippen MR) is 53.5 cm³/mol. The van der Waals surface area contributed by atoms with Crippen molar-refractivity contribution >= 4 is 5.91 Å². The van der Waals surface area contributed by atoms with Gasteiger partial charge in [-0.2, -0.15) is 0 Å². The number of amides is 1. The number of hydrogen-bond acceptors (Lipinski definition) is 2. The normalized spacial score (nSPS) is 23.7. The molecule has 1 aliphatic rings. The second-order valence-corrected chi connectivity index (χ2v) is 4.07. The fourth-order valence-corrected chi connectivity index (χ4v) is 1.78. The van der Waals surface area contributed by atoms with Crippen LogP contribution in [0.2, 0.25) is 0 Å². The van der Waals surface area contributed by atoms with Gasteiger partial charge in [0, 0.05) is 25.0 Å². The Morgan fingerprint density at radius 1 is 1.54 bits per heavy atom. The fraction of sp³-hybridized carbons (Fsp3) is 0.900. The van der Waals surface area contributed by atoms with E-state index >= 15 is 0 Å². The molecule has 0 saturated carbocycles. The summed E-state index contributed by atoms with van der Waals surface area (Å²) < 4.78 is 0. The van der Waals surface area contributed by atoms with Crippen LogP contribution >= 0.6 is 0 Å². The zero-order chi connectivity index (χ0) is 9.84. The highest BCUT2D eigenvalue weighted by atomic mass is 16.2. The van der Waals surface area contributed by atoms with Gasteiger partial charge in [0.15, 0.2) is 0 Å². The van der Waals surface area contributed by atoms with E-state index in [1.165, 1.54) is 6.42 Å². The van der Waals surface area contributed by atoms with Crippen LogP contribution in [0.4, 0.5) is 0 Å². The van der Waals surface area contributed by atoms with Gasteiger partial charge in [-0.25, -0.2) is 0 Å². The molecule has 1 aliphatic heterocycles. The molecule has 3 heteroatoms. The lowest BCUT2D eigenvalue weighted by molar-refractivity contribution is -0.135. The van der Waals surface area contributed by atoms with E-state index in [0.29, 0.717) is 11.9 Å². The predicted octanol–water partition coefficient (Wildman–Crippen LogP) is 0.853. The maximum Gasteiger partial charge on any atom is 0.225 e. The van der Waals surface area contributed by atoms with Crippen LogP contribution in [0.5, 0.6) is 0 Å². The van der Waals surface area contributed by atoms with Gasteiger partial charge in [0.25, 0.3) is 0 Å². The Balaban J connectivity index is 2.46. The summed E-state index contributed by atoms with van der Waals surface area (Å²) in [7, 11) is 1.97. The van der Waals surface area contributed by atoms with Crippen molar-refractivity contribution in [3.05, 3.63) is 0 Å². The molecule has 1 fully saturated rings. The van der Waals surface area contributed by atoms with Crippen LogP contribution in [0.25, 0.3) is 0 Å². The summed E-state index contributed by atoms with van der Waals surface area (Å²) in [5, 5.41) is 3.23. The first kappa shape index (κ1) is 10.5. The standard InChI is InChI=1S/C10H20N2O/c1-8(2)10(13)12-6-4-5-9(7-12)11-3/h8-9,11H,4-7H2,1-3H3/t9-/m0/s1. The van der Waals surface area contributed by atoms with E-state index in [2.05, 4.69) is 5.32 Å². The van der Waals surface area contributed by atoms with Crippen LogP contribution in [-0.2, 0) is 4.79 Å². The van der Waals surface area contributed by atoms with Gasteiger partial charge in [0.2, 0.25) is 5.91 Å². The Morgan fingerprint density at radius 3 is 2.77 bits per heavy atom. The molecule has 1 N–H and O–H groups in total. The van der Waals surface area contributed by atoms with Gasteiger partial charge < -0.3 is 10.2 Å². The van der Waals surface area contributed by atoms with Crippen LogP contribution in [0.3, 0.4) is 0 Å². The fourth-order valence-electron chi connectivity index (χ4n) is 1.78. The van der Waals surface area contributed by atoms with E-state index in [1.54, 1.807) is 0 Å². The monoisotopic (exact) mass is 184 g/mol. The van der Waals surface area contributed by atoms with Crippen molar-refractivity contribution in [2.45, 2.75) is 32.7 Å². The van der Waals surface area contributed by atoms with E-state index < -0.39 is 0 Å². The molecule has 0 aromatic rings. The quantitative estimate of drug-likeness (QED) is 0.690. The molecule has 0 unspecified atom stereocenters. The third kappa shape index (κ3) is 2.69. The summed E-state index contributed by atoms with van der Waals surface area (Å²) in [5.74, 6) is 0.426. The van der Waals surface area contributed by atoms with Crippen LogP contribution in [0, 0.1) is 5.92 Å². The lowest BCUT2D eigenvalue weighted by Gasteiger charge is -2.33.